The van der Waals surface area contributed by atoms with Crippen molar-refractivity contribution in [3.05, 3.63) is 18.2 Å². The summed E-state index contributed by atoms with van der Waals surface area (Å²) in [5, 5.41) is 15.4. The van der Waals surface area contributed by atoms with Crippen LogP contribution in [-0.2, 0) is 4.74 Å². The molecule has 1 aliphatic heterocycles. The summed E-state index contributed by atoms with van der Waals surface area (Å²) < 4.78 is 15.5. The second-order valence-corrected chi connectivity index (χ2v) is 4.88. The number of benzene rings is 1. The van der Waals surface area contributed by atoms with E-state index in [1.54, 1.807) is 18.2 Å². The number of amides is 2. The summed E-state index contributed by atoms with van der Waals surface area (Å²) in [7, 11) is 3.02. The normalized spacial score (nSPS) is 20.9. The van der Waals surface area contributed by atoms with Gasteiger partial charge in [0.05, 0.1) is 33.1 Å². The molecule has 0 bridgehead atoms. The molecule has 2 amide bonds. The number of methoxy groups -OCH3 is 2. The Morgan fingerprint density at radius 1 is 1.43 bits per heavy atom. The quantitative estimate of drug-likeness (QED) is 0.753. The summed E-state index contributed by atoms with van der Waals surface area (Å²) in [5.74, 6) is 0.969. The molecule has 0 aromatic heterocycles. The van der Waals surface area contributed by atoms with Gasteiger partial charge >= 0.3 is 6.03 Å². The maximum atomic E-state index is 11.9. The van der Waals surface area contributed by atoms with E-state index in [0.717, 1.165) is 0 Å². The minimum Gasteiger partial charge on any atom is -0.493 e. The Balaban J connectivity index is 1.96. The van der Waals surface area contributed by atoms with Crippen molar-refractivity contribution in [1.29, 1.82) is 0 Å². The van der Waals surface area contributed by atoms with Gasteiger partial charge in [0.2, 0.25) is 0 Å². The average molecular weight is 296 g/mol. The highest BCUT2D eigenvalue weighted by molar-refractivity contribution is 5.91. The molecule has 21 heavy (non-hydrogen) atoms. The Bertz CT molecular complexity index is 500. The van der Waals surface area contributed by atoms with Crippen molar-refractivity contribution >= 4 is 11.7 Å². The highest BCUT2D eigenvalue weighted by Crippen LogP contribution is 2.34. The van der Waals surface area contributed by atoms with Gasteiger partial charge in [-0.1, -0.05) is 6.07 Å². The Morgan fingerprint density at radius 3 is 2.86 bits per heavy atom. The lowest BCUT2D eigenvalue weighted by atomic mass is 10.0. The van der Waals surface area contributed by atoms with E-state index in [4.69, 9.17) is 14.2 Å². The number of carbonyl (C=O) groups excluding carboxylic acids is 1. The molecule has 0 radical (unpaired) electrons. The van der Waals surface area contributed by atoms with Crippen molar-refractivity contribution in [2.75, 3.05) is 39.3 Å². The summed E-state index contributed by atoms with van der Waals surface area (Å²) >= 11 is 0. The van der Waals surface area contributed by atoms with E-state index in [2.05, 4.69) is 10.6 Å². The molecule has 0 spiro atoms. The van der Waals surface area contributed by atoms with Gasteiger partial charge in [0, 0.05) is 13.0 Å². The average Bonchev–Trinajstić information content (AvgIpc) is 2.92. The van der Waals surface area contributed by atoms with E-state index in [-0.39, 0.29) is 13.2 Å². The van der Waals surface area contributed by atoms with E-state index in [1.807, 2.05) is 0 Å². The molecule has 116 valence electrons. The SMILES string of the molecule is COc1cccc(NC(=O)NC[C@@]2(O)CCOC2)c1OC. The predicted molar refractivity (Wildman–Crippen MR) is 77.0 cm³/mol. The number of nitrogens with one attached hydrogen (secondary N) is 2. The number of urea groups is 1. The fraction of sp³-hybridized carbons (Fsp3) is 0.500. The van der Waals surface area contributed by atoms with E-state index in [0.29, 0.717) is 30.2 Å². The Hall–Kier alpha value is -1.99. The van der Waals surface area contributed by atoms with Crippen LogP contribution >= 0.6 is 0 Å². The van der Waals surface area contributed by atoms with E-state index in [9.17, 15) is 9.90 Å². The van der Waals surface area contributed by atoms with Crippen LogP contribution in [0, 0.1) is 0 Å². The van der Waals surface area contributed by atoms with Gasteiger partial charge in [0.15, 0.2) is 11.5 Å². The zero-order valence-electron chi connectivity index (χ0n) is 12.1. The Labute approximate surface area is 123 Å². The zero-order valence-corrected chi connectivity index (χ0v) is 12.1. The van der Waals surface area contributed by atoms with Crippen LogP contribution in [0.1, 0.15) is 6.42 Å². The zero-order chi connectivity index (χ0) is 15.3. The van der Waals surface area contributed by atoms with Crippen molar-refractivity contribution in [2.45, 2.75) is 12.0 Å². The van der Waals surface area contributed by atoms with Crippen LogP contribution in [-0.4, -0.2) is 50.7 Å². The van der Waals surface area contributed by atoms with Crippen LogP contribution in [0.15, 0.2) is 18.2 Å². The van der Waals surface area contributed by atoms with Gasteiger partial charge in [-0.3, -0.25) is 0 Å². The smallest absolute Gasteiger partial charge is 0.319 e. The molecule has 1 aromatic carbocycles. The molecule has 1 heterocycles. The number of aliphatic hydroxyl groups is 1. The summed E-state index contributed by atoms with van der Waals surface area (Å²) in [6.45, 7) is 0.865. The van der Waals surface area contributed by atoms with Gasteiger partial charge in [-0.2, -0.15) is 0 Å². The van der Waals surface area contributed by atoms with Crippen LogP contribution in [0.3, 0.4) is 0 Å². The molecule has 1 saturated heterocycles. The third-order valence-corrected chi connectivity index (χ3v) is 3.31. The predicted octanol–water partition coefficient (Wildman–Crippen LogP) is 0.977. The lowest BCUT2D eigenvalue weighted by Crippen LogP contribution is -2.44. The monoisotopic (exact) mass is 296 g/mol. The van der Waals surface area contributed by atoms with Crippen LogP contribution < -0.4 is 20.1 Å². The van der Waals surface area contributed by atoms with Crippen LogP contribution in [0.2, 0.25) is 0 Å². The molecule has 1 atom stereocenters. The second kappa shape index (κ2) is 6.64. The molecular weight excluding hydrogens is 276 g/mol. The van der Waals surface area contributed by atoms with E-state index < -0.39 is 11.6 Å². The van der Waals surface area contributed by atoms with Gasteiger partial charge < -0.3 is 30.0 Å². The maximum absolute atomic E-state index is 11.9. The topological polar surface area (TPSA) is 89.1 Å². The number of hydrogen-bond acceptors (Lipinski definition) is 5. The number of hydrogen-bond donors (Lipinski definition) is 3. The molecule has 1 aliphatic rings. The fourth-order valence-corrected chi connectivity index (χ4v) is 2.13. The number of anilines is 1. The third kappa shape index (κ3) is 3.77. The lowest BCUT2D eigenvalue weighted by Gasteiger charge is -2.21. The third-order valence-electron chi connectivity index (χ3n) is 3.31. The van der Waals surface area contributed by atoms with Gasteiger partial charge in [0.25, 0.3) is 0 Å². The number of rotatable bonds is 5. The van der Waals surface area contributed by atoms with Crippen molar-refractivity contribution in [2.24, 2.45) is 0 Å². The fourth-order valence-electron chi connectivity index (χ4n) is 2.13. The first-order chi connectivity index (χ1) is 10.1. The molecule has 2 rings (SSSR count). The van der Waals surface area contributed by atoms with Crippen molar-refractivity contribution in [1.82, 2.24) is 5.32 Å². The van der Waals surface area contributed by atoms with Crippen LogP contribution in [0.5, 0.6) is 11.5 Å². The van der Waals surface area contributed by atoms with Gasteiger partial charge in [0.1, 0.15) is 5.60 Å². The molecule has 3 N–H and O–H groups in total. The van der Waals surface area contributed by atoms with Crippen molar-refractivity contribution < 1.29 is 24.1 Å². The summed E-state index contributed by atoms with van der Waals surface area (Å²) in [4.78, 5) is 11.9. The van der Waals surface area contributed by atoms with Gasteiger partial charge in [-0.15, -0.1) is 0 Å². The Kier molecular flexibility index (Phi) is 4.87. The highest BCUT2D eigenvalue weighted by Gasteiger charge is 2.32. The lowest BCUT2D eigenvalue weighted by molar-refractivity contribution is 0.0295. The number of carbonyl (C=O) groups is 1. The van der Waals surface area contributed by atoms with Crippen molar-refractivity contribution in [3.8, 4) is 11.5 Å². The maximum Gasteiger partial charge on any atom is 0.319 e. The summed E-state index contributed by atoms with van der Waals surface area (Å²) in [6, 6.07) is 4.76. The van der Waals surface area contributed by atoms with Crippen LogP contribution in [0.25, 0.3) is 0 Å². The van der Waals surface area contributed by atoms with Crippen LogP contribution in [0.4, 0.5) is 10.5 Å². The van der Waals surface area contributed by atoms with E-state index >= 15 is 0 Å². The summed E-state index contributed by atoms with van der Waals surface area (Å²) in [5.41, 5.74) is -0.500. The molecule has 0 unspecified atom stereocenters. The molecule has 0 saturated carbocycles. The number of ether oxygens (including phenoxy) is 3. The second-order valence-electron chi connectivity index (χ2n) is 4.88. The molecule has 1 aromatic rings. The standard InChI is InChI=1S/C14H20N2O5/c1-19-11-5-3-4-10(12(11)20-2)16-13(17)15-8-14(18)6-7-21-9-14/h3-5,18H,6-9H2,1-2H3,(H2,15,16,17)/t14-/m0/s1. The van der Waals surface area contributed by atoms with Gasteiger partial charge in [-0.05, 0) is 12.1 Å². The molecule has 1 fully saturated rings. The first kappa shape index (κ1) is 15.4. The first-order valence-corrected chi connectivity index (χ1v) is 6.64. The largest absolute Gasteiger partial charge is 0.493 e. The number of para-hydroxylation sites is 1. The first-order valence-electron chi connectivity index (χ1n) is 6.64. The minimum absolute atomic E-state index is 0.130. The van der Waals surface area contributed by atoms with Gasteiger partial charge in [-0.25, -0.2) is 4.79 Å². The molecule has 7 heteroatoms. The van der Waals surface area contributed by atoms with E-state index in [1.165, 1.54) is 14.2 Å². The summed E-state index contributed by atoms with van der Waals surface area (Å²) in [6.07, 6.45) is 0.510. The highest BCUT2D eigenvalue weighted by atomic mass is 16.5. The molecular formula is C14H20N2O5. The van der Waals surface area contributed by atoms with Crippen molar-refractivity contribution in [3.63, 3.8) is 0 Å². The Morgan fingerprint density at radius 2 is 2.24 bits per heavy atom. The molecule has 0 aliphatic carbocycles. The minimum atomic E-state index is -0.990. The molecule has 7 nitrogen and oxygen atoms in total.